The largest absolute Gasteiger partial charge is 0.227 e. The molecule has 2 nitrogen and oxygen atoms in total. The van der Waals surface area contributed by atoms with Gasteiger partial charge in [-0.3, -0.25) is 0 Å². The minimum atomic E-state index is 0.858. The van der Waals surface area contributed by atoms with E-state index in [2.05, 4.69) is 64.9 Å². The lowest BCUT2D eigenvalue weighted by Crippen LogP contribution is -1.95. The molecule has 0 aliphatic heterocycles. The van der Waals surface area contributed by atoms with E-state index in [1.54, 1.807) is 11.8 Å². The van der Waals surface area contributed by atoms with Crippen LogP contribution in [0.15, 0.2) is 33.9 Å². The fraction of sp³-hybridized carbons (Fsp3) is 0.333. The van der Waals surface area contributed by atoms with Gasteiger partial charge in [-0.1, -0.05) is 36.2 Å². The molecule has 1 aromatic heterocycles. The summed E-state index contributed by atoms with van der Waals surface area (Å²) in [5, 5.41) is 1.03. The summed E-state index contributed by atoms with van der Waals surface area (Å²) in [6, 6.07) is 8.64. The van der Waals surface area contributed by atoms with Crippen molar-refractivity contribution in [3.05, 3.63) is 51.4 Å². The van der Waals surface area contributed by atoms with Gasteiger partial charge in [0.1, 0.15) is 15.5 Å². The van der Waals surface area contributed by atoms with Crippen LogP contribution in [0, 0.1) is 13.8 Å². The van der Waals surface area contributed by atoms with Crippen LogP contribution in [0.5, 0.6) is 0 Å². The number of aryl methyl sites for hydroxylation is 3. The predicted octanol–water partition coefficient (Wildman–Crippen LogP) is 4.71. The summed E-state index contributed by atoms with van der Waals surface area (Å²) in [6.45, 7) is 6.34. The molecule has 19 heavy (non-hydrogen) atoms. The summed E-state index contributed by atoms with van der Waals surface area (Å²) in [7, 11) is 0. The van der Waals surface area contributed by atoms with Crippen LogP contribution in [-0.4, -0.2) is 9.97 Å². The highest BCUT2D eigenvalue weighted by Crippen LogP contribution is 2.24. The molecule has 0 spiro atoms. The fourth-order valence-corrected chi connectivity index (χ4v) is 3.40. The number of thioether (sulfide) groups is 1. The quantitative estimate of drug-likeness (QED) is 0.597. The Morgan fingerprint density at radius 3 is 2.37 bits per heavy atom. The molecule has 1 aromatic carbocycles. The van der Waals surface area contributed by atoms with Crippen molar-refractivity contribution in [1.82, 2.24) is 9.97 Å². The van der Waals surface area contributed by atoms with Crippen LogP contribution in [0.25, 0.3) is 0 Å². The second-order valence-corrected chi connectivity index (χ2v) is 6.39. The smallest absolute Gasteiger partial charge is 0.130 e. The molecule has 100 valence electrons. The van der Waals surface area contributed by atoms with Crippen LogP contribution in [-0.2, 0) is 12.2 Å². The van der Waals surface area contributed by atoms with E-state index in [-0.39, 0.29) is 0 Å². The lowest BCUT2D eigenvalue weighted by Gasteiger charge is -2.06. The Hall–Kier alpha value is -0.870. The summed E-state index contributed by atoms with van der Waals surface area (Å²) >= 11 is 5.19. The van der Waals surface area contributed by atoms with Gasteiger partial charge in [-0.25, -0.2) is 9.97 Å². The number of hydrogen-bond donors (Lipinski definition) is 0. The minimum absolute atomic E-state index is 0.858. The predicted molar refractivity (Wildman–Crippen MR) is 84.6 cm³/mol. The number of rotatable bonds is 4. The van der Waals surface area contributed by atoms with E-state index >= 15 is 0 Å². The van der Waals surface area contributed by atoms with Crippen molar-refractivity contribution in [2.24, 2.45) is 0 Å². The zero-order valence-corrected chi connectivity index (χ0v) is 13.8. The fourth-order valence-electron chi connectivity index (χ4n) is 1.98. The third-order valence-corrected chi connectivity index (χ3v) is 4.09. The summed E-state index contributed by atoms with van der Waals surface area (Å²) in [6.07, 6.45) is 0.858. The van der Waals surface area contributed by atoms with Crippen molar-refractivity contribution >= 4 is 27.7 Å². The molecule has 0 saturated carbocycles. The zero-order valence-electron chi connectivity index (χ0n) is 11.4. The summed E-state index contributed by atoms with van der Waals surface area (Å²) in [4.78, 5) is 8.86. The first-order chi connectivity index (χ1) is 9.06. The molecule has 1 heterocycles. The molecule has 0 N–H and O–H groups in total. The Morgan fingerprint density at radius 1 is 1.05 bits per heavy atom. The molecule has 0 fully saturated rings. The highest BCUT2D eigenvalue weighted by Gasteiger charge is 2.04. The number of benzene rings is 1. The van der Waals surface area contributed by atoms with Crippen molar-refractivity contribution in [2.75, 3.05) is 0 Å². The SMILES string of the molecule is CCc1nc(Br)cc(SCc2cc(C)cc(C)c2)n1. The topological polar surface area (TPSA) is 25.8 Å². The second-order valence-electron chi connectivity index (χ2n) is 4.58. The molecule has 2 aromatic rings. The Kier molecular flexibility index (Phi) is 4.99. The Balaban J connectivity index is 2.11. The summed E-state index contributed by atoms with van der Waals surface area (Å²) in [5.74, 6) is 1.83. The molecule has 0 radical (unpaired) electrons. The summed E-state index contributed by atoms with van der Waals surface area (Å²) in [5.41, 5.74) is 3.97. The maximum Gasteiger partial charge on any atom is 0.130 e. The molecular formula is C15H17BrN2S. The molecule has 0 amide bonds. The normalized spacial score (nSPS) is 10.7. The molecule has 2 rings (SSSR count). The van der Waals surface area contributed by atoms with Gasteiger partial charge in [-0.2, -0.15) is 0 Å². The third kappa shape index (κ3) is 4.32. The van der Waals surface area contributed by atoms with Gasteiger partial charge < -0.3 is 0 Å². The first kappa shape index (κ1) is 14.5. The average molecular weight is 337 g/mol. The average Bonchev–Trinajstić information content (AvgIpc) is 2.34. The molecule has 0 bridgehead atoms. The van der Waals surface area contributed by atoms with E-state index in [9.17, 15) is 0 Å². The van der Waals surface area contributed by atoms with E-state index in [1.807, 2.05) is 6.07 Å². The van der Waals surface area contributed by atoms with Crippen LogP contribution in [0.4, 0.5) is 0 Å². The van der Waals surface area contributed by atoms with Crippen molar-refractivity contribution in [2.45, 2.75) is 38.0 Å². The molecule has 0 atom stereocenters. The molecule has 0 unspecified atom stereocenters. The maximum atomic E-state index is 4.53. The van der Waals surface area contributed by atoms with E-state index in [1.165, 1.54) is 16.7 Å². The van der Waals surface area contributed by atoms with E-state index in [0.29, 0.717) is 0 Å². The Morgan fingerprint density at radius 2 is 1.74 bits per heavy atom. The lowest BCUT2D eigenvalue weighted by molar-refractivity contribution is 0.877. The second kappa shape index (κ2) is 6.53. The number of hydrogen-bond acceptors (Lipinski definition) is 3. The molecule has 0 aliphatic rings. The number of aromatic nitrogens is 2. The maximum absolute atomic E-state index is 4.53. The molecule has 0 saturated heterocycles. The van der Waals surface area contributed by atoms with E-state index in [0.717, 1.165) is 27.6 Å². The van der Waals surface area contributed by atoms with Gasteiger partial charge in [0.25, 0.3) is 0 Å². The van der Waals surface area contributed by atoms with Crippen LogP contribution < -0.4 is 0 Å². The number of halogens is 1. The lowest BCUT2D eigenvalue weighted by atomic mass is 10.1. The first-order valence-corrected chi connectivity index (χ1v) is 8.08. The summed E-state index contributed by atoms with van der Waals surface area (Å²) < 4.78 is 0.863. The van der Waals surface area contributed by atoms with Gasteiger partial charge in [0, 0.05) is 18.2 Å². The molecule has 4 heteroatoms. The Bertz CT molecular complexity index is 564. The van der Waals surface area contributed by atoms with Gasteiger partial charge in [-0.05, 0) is 35.3 Å². The highest BCUT2D eigenvalue weighted by molar-refractivity contribution is 9.10. The van der Waals surface area contributed by atoms with Crippen molar-refractivity contribution < 1.29 is 0 Å². The van der Waals surface area contributed by atoms with Gasteiger partial charge in [0.05, 0.1) is 0 Å². The molecular weight excluding hydrogens is 320 g/mol. The van der Waals surface area contributed by atoms with Crippen LogP contribution in [0.3, 0.4) is 0 Å². The Labute approximate surface area is 127 Å². The standard InChI is InChI=1S/C15H17BrN2S/c1-4-14-17-13(16)8-15(18-14)19-9-12-6-10(2)5-11(3)7-12/h5-8H,4,9H2,1-3H3. The molecule has 0 aliphatic carbocycles. The third-order valence-electron chi connectivity index (χ3n) is 2.70. The van der Waals surface area contributed by atoms with E-state index < -0.39 is 0 Å². The van der Waals surface area contributed by atoms with Crippen LogP contribution in [0.1, 0.15) is 29.4 Å². The van der Waals surface area contributed by atoms with Crippen molar-refractivity contribution in [1.29, 1.82) is 0 Å². The van der Waals surface area contributed by atoms with Crippen LogP contribution in [0.2, 0.25) is 0 Å². The van der Waals surface area contributed by atoms with Gasteiger partial charge in [-0.15, -0.1) is 11.8 Å². The van der Waals surface area contributed by atoms with Crippen molar-refractivity contribution in [3.63, 3.8) is 0 Å². The van der Waals surface area contributed by atoms with E-state index in [4.69, 9.17) is 0 Å². The van der Waals surface area contributed by atoms with Gasteiger partial charge in [0.2, 0.25) is 0 Å². The van der Waals surface area contributed by atoms with Gasteiger partial charge >= 0.3 is 0 Å². The van der Waals surface area contributed by atoms with Crippen molar-refractivity contribution in [3.8, 4) is 0 Å². The van der Waals surface area contributed by atoms with Gasteiger partial charge in [0.15, 0.2) is 0 Å². The minimum Gasteiger partial charge on any atom is -0.227 e. The number of nitrogens with zero attached hydrogens (tertiary/aromatic N) is 2. The first-order valence-electron chi connectivity index (χ1n) is 6.30. The highest BCUT2D eigenvalue weighted by atomic mass is 79.9. The van der Waals surface area contributed by atoms with Crippen LogP contribution >= 0.6 is 27.7 Å². The zero-order chi connectivity index (χ0) is 13.8. The monoisotopic (exact) mass is 336 g/mol.